The van der Waals surface area contributed by atoms with E-state index < -0.39 is 0 Å². The molecule has 2 heterocycles. The summed E-state index contributed by atoms with van der Waals surface area (Å²) in [5, 5.41) is 12.1. The molecule has 31 heavy (non-hydrogen) atoms. The van der Waals surface area contributed by atoms with Crippen LogP contribution in [0.1, 0.15) is 54.4 Å². The summed E-state index contributed by atoms with van der Waals surface area (Å²) in [6, 6.07) is 14.3. The number of aromatic nitrogens is 3. The summed E-state index contributed by atoms with van der Waals surface area (Å²) < 4.78 is 1.95. The average molecular weight is 436 g/mol. The summed E-state index contributed by atoms with van der Waals surface area (Å²) in [6.07, 6.45) is 2.80. The van der Waals surface area contributed by atoms with Crippen LogP contribution in [-0.2, 0) is 17.6 Å². The highest BCUT2D eigenvalue weighted by molar-refractivity contribution is 8.00. The minimum Gasteiger partial charge on any atom is -0.325 e. The highest BCUT2D eigenvalue weighted by Gasteiger charge is 2.37. The Balaban J connectivity index is 1.65. The first-order chi connectivity index (χ1) is 15.0. The molecule has 0 saturated heterocycles. The molecule has 2 atom stereocenters. The van der Waals surface area contributed by atoms with E-state index in [9.17, 15) is 4.79 Å². The SMILES string of the molecule is CCCc1nnc2n1N[C@H](c1ccc(CC)cc1)[C@H](C(=O)Nc1ccc(C)c(C)c1)S2. The molecule has 7 heteroatoms. The van der Waals surface area contributed by atoms with Crippen LogP contribution >= 0.6 is 11.8 Å². The van der Waals surface area contributed by atoms with E-state index in [1.807, 2.05) is 22.9 Å². The summed E-state index contributed by atoms with van der Waals surface area (Å²) >= 11 is 1.47. The Hall–Kier alpha value is -2.80. The van der Waals surface area contributed by atoms with Crippen molar-refractivity contribution in [3.05, 3.63) is 70.5 Å². The number of rotatable bonds is 6. The number of carbonyl (C=O) groups excluding carboxylic acids is 1. The quantitative estimate of drug-likeness (QED) is 0.581. The van der Waals surface area contributed by atoms with E-state index >= 15 is 0 Å². The molecule has 0 spiro atoms. The summed E-state index contributed by atoms with van der Waals surface area (Å²) in [5.41, 5.74) is 9.06. The van der Waals surface area contributed by atoms with Gasteiger partial charge in [0.1, 0.15) is 5.25 Å². The van der Waals surface area contributed by atoms with Gasteiger partial charge >= 0.3 is 0 Å². The number of thioether (sulfide) groups is 1. The molecule has 1 aromatic heterocycles. The van der Waals surface area contributed by atoms with Crippen LogP contribution in [0.5, 0.6) is 0 Å². The lowest BCUT2D eigenvalue weighted by molar-refractivity contribution is -0.116. The fourth-order valence-electron chi connectivity index (χ4n) is 3.73. The molecule has 2 N–H and O–H groups in total. The third-order valence-electron chi connectivity index (χ3n) is 5.76. The monoisotopic (exact) mass is 435 g/mol. The molecule has 0 aliphatic carbocycles. The second kappa shape index (κ2) is 9.14. The highest BCUT2D eigenvalue weighted by Crippen LogP contribution is 2.38. The molecule has 6 nitrogen and oxygen atoms in total. The van der Waals surface area contributed by atoms with Gasteiger partial charge in [0.25, 0.3) is 0 Å². The summed E-state index contributed by atoms with van der Waals surface area (Å²) in [4.78, 5) is 13.4. The first kappa shape index (κ1) is 21.4. The Kier molecular flexibility index (Phi) is 6.32. The van der Waals surface area contributed by atoms with Crippen molar-refractivity contribution in [2.75, 3.05) is 10.7 Å². The van der Waals surface area contributed by atoms with E-state index in [1.54, 1.807) is 0 Å². The van der Waals surface area contributed by atoms with Crippen molar-refractivity contribution < 1.29 is 4.79 Å². The van der Waals surface area contributed by atoms with Crippen LogP contribution in [0.2, 0.25) is 0 Å². The van der Waals surface area contributed by atoms with Gasteiger partial charge in [-0.25, -0.2) is 4.68 Å². The van der Waals surface area contributed by atoms with Gasteiger partial charge in [0.15, 0.2) is 5.82 Å². The van der Waals surface area contributed by atoms with Gasteiger partial charge in [0.05, 0.1) is 6.04 Å². The average Bonchev–Trinajstić information content (AvgIpc) is 3.17. The Morgan fingerprint density at radius 1 is 1.10 bits per heavy atom. The minimum atomic E-state index is -0.375. The van der Waals surface area contributed by atoms with Gasteiger partial charge in [0.2, 0.25) is 11.1 Å². The third kappa shape index (κ3) is 4.46. The minimum absolute atomic E-state index is 0.0448. The molecule has 1 aliphatic rings. The number of benzene rings is 2. The van der Waals surface area contributed by atoms with Crippen molar-refractivity contribution >= 4 is 23.4 Å². The topological polar surface area (TPSA) is 71.8 Å². The molecule has 2 aromatic carbocycles. The number of hydrogen-bond acceptors (Lipinski definition) is 5. The van der Waals surface area contributed by atoms with Crippen LogP contribution in [-0.4, -0.2) is 26.0 Å². The standard InChI is InChI=1S/C24H29N5OS/c1-5-7-20-26-27-24-29(20)28-21(18-11-9-17(6-2)10-12-18)22(31-24)23(30)25-19-13-8-15(3)16(4)14-19/h8-14,21-22,28H,5-7H2,1-4H3,(H,25,30)/t21-,22-/m1/s1. The second-order valence-electron chi connectivity index (χ2n) is 8.01. The molecule has 0 bridgehead atoms. The van der Waals surface area contributed by atoms with Gasteiger partial charge in [-0.2, -0.15) is 0 Å². The van der Waals surface area contributed by atoms with Crippen molar-refractivity contribution in [3.8, 4) is 0 Å². The Bertz CT molecular complexity index is 1080. The number of hydrogen-bond donors (Lipinski definition) is 2. The normalized spacial score (nSPS) is 17.7. The van der Waals surface area contributed by atoms with Crippen LogP contribution < -0.4 is 10.7 Å². The van der Waals surface area contributed by atoms with E-state index in [1.165, 1.54) is 22.9 Å². The summed E-state index contributed by atoms with van der Waals surface area (Å²) in [5.74, 6) is 0.852. The lowest BCUT2D eigenvalue weighted by Crippen LogP contribution is -2.41. The molecule has 0 unspecified atom stereocenters. The second-order valence-corrected chi connectivity index (χ2v) is 9.12. The fraction of sp³-hybridized carbons (Fsp3) is 0.375. The molecular formula is C24H29N5OS. The van der Waals surface area contributed by atoms with Crippen molar-refractivity contribution in [2.24, 2.45) is 0 Å². The van der Waals surface area contributed by atoms with Gasteiger partial charge in [-0.3, -0.25) is 4.79 Å². The predicted octanol–water partition coefficient (Wildman–Crippen LogP) is 4.81. The molecule has 0 fully saturated rings. The number of nitrogens with zero attached hydrogens (tertiary/aromatic N) is 3. The third-order valence-corrected chi connectivity index (χ3v) is 6.97. The molecule has 1 amide bonds. The first-order valence-electron chi connectivity index (χ1n) is 10.8. The van der Waals surface area contributed by atoms with Gasteiger partial charge in [-0.1, -0.05) is 55.9 Å². The molecule has 1 aliphatic heterocycles. The summed E-state index contributed by atoms with van der Waals surface area (Å²) in [7, 11) is 0. The largest absolute Gasteiger partial charge is 0.325 e. The zero-order valence-electron chi connectivity index (χ0n) is 18.5. The van der Waals surface area contributed by atoms with E-state index in [0.29, 0.717) is 0 Å². The van der Waals surface area contributed by atoms with Crippen molar-refractivity contribution in [1.82, 2.24) is 14.9 Å². The molecule has 0 saturated carbocycles. The zero-order valence-corrected chi connectivity index (χ0v) is 19.3. The Morgan fingerprint density at radius 3 is 2.55 bits per heavy atom. The maximum Gasteiger partial charge on any atom is 0.240 e. The van der Waals surface area contributed by atoms with E-state index in [2.05, 4.69) is 72.9 Å². The molecule has 4 rings (SSSR count). The molecule has 3 aromatic rings. The van der Waals surface area contributed by atoms with Crippen molar-refractivity contribution in [3.63, 3.8) is 0 Å². The maximum absolute atomic E-state index is 13.4. The predicted molar refractivity (Wildman–Crippen MR) is 126 cm³/mol. The number of amides is 1. The van der Waals surface area contributed by atoms with Gasteiger partial charge in [0, 0.05) is 12.1 Å². The van der Waals surface area contributed by atoms with Gasteiger partial charge in [-0.05, 0) is 61.1 Å². The van der Waals surface area contributed by atoms with Gasteiger partial charge < -0.3 is 10.7 Å². The molecule has 0 radical (unpaired) electrons. The summed E-state index contributed by atoms with van der Waals surface area (Å²) in [6.45, 7) is 8.39. The number of aryl methyl sites for hydroxylation is 4. The highest BCUT2D eigenvalue weighted by atomic mass is 32.2. The van der Waals surface area contributed by atoms with E-state index in [0.717, 1.165) is 47.1 Å². The van der Waals surface area contributed by atoms with Crippen LogP contribution in [0.3, 0.4) is 0 Å². The van der Waals surface area contributed by atoms with E-state index in [4.69, 9.17) is 0 Å². The first-order valence-corrected chi connectivity index (χ1v) is 11.7. The van der Waals surface area contributed by atoms with E-state index in [-0.39, 0.29) is 17.2 Å². The zero-order chi connectivity index (χ0) is 22.0. The maximum atomic E-state index is 13.4. The number of fused-ring (bicyclic) bond motifs is 1. The number of carbonyl (C=O) groups is 1. The fourth-order valence-corrected chi connectivity index (χ4v) is 4.83. The lowest BCUT2D eigenvalue weighted by Gasteiger charge is -2.33. The lowest BCUT2D eigenvalue weighted by atomic mass is 10.0. The van der Waals surface area contributed by atoms with Crippen LogP contribution in [0.25, 0.3) is 0 Å². The Labute approximate surface area is 187 Å². The van der Waals surface area contributed by atoms with Crippen molar-refractivity contribution in [2.45, 2.75) is 63.4 Å². The van der Waals surface area contributed by atoms with Crippen LogP contribution in [0.4, 0.5) is 5.69 Å². The number of anilines is 1. The van der Waals surface area contributed by atoms with Gasteiger partial charge in [-0.15, -0.1) is 10.2 Å². The molecular weight excluding hydrogens is 406 g/mol. The Morgan fingerprint density at radius 2 is 1.87 bits per heavy atom. The van der Waals surface area contributed by atoms with Crippen molar-refractivity contribution in [1.29, 1.82) is 0 Å². The van der Waals surface area contributed by atoms with Crippen LogP contribution in [0, 0.1) is 13.8 Å². The smallest absolute Gasteiger partial charge is 0.240 e. The number of nitrogens with one attached hydrogen (secondary N) is 2. The molecule has 162 valence electrons. The van der Waals surface area contributed by atoms with Crippen LogP contribution in [0.15, 0.2) is 47.6 Å².